The van der Waals surface area contributed by atoms with E-state index in [1.54, 1.807) is 12.1 Å². The van der Waals surface area contributed by atoms with E-state index < -0.39 is 0 Å². The summed E-state index contributed by atoms with van der Waals surface area (Å²) in [4.78, 5) is 11.7. The monoisotopic (exact) mass is 348 g/mol. The second-order valence-corrected chi connectivity index (χ2v) is 4.83. The molecule has 0 saturated carbocycles. The Morgan fingerprint density at radius 1 is 1.35 bits per heavy atom. The van der Waals surface area contributed by atoms with Gasteiger partial charge in [-0.25, -0.2) is 0 Å². The Bertz CT molecular complexity index is 383. The van der Waals surface area contributed by atoms with Crippen LogP contribution in [-0.2, 0) is 0 Å². The molecular weight excluding hydrogens is 331 g/mol. The van der Waals surface area contributed by atoms with E-state index in [0.717, 1.165) is 23.1 Å². The second kappa shape index (κ2) is 7.50. The van der Waals surface area contributed by atoms with E-state index >= 15 is 0 Å². The molecule has 3 N–H and O–H groups in total. The van der Waals surface area contributed by atoms with Crippen molar-refractivity contribution < 1.29 is 9.90 Å². The maximum Gasteiger partial charge on any atom is 0.251 e. The van der Waals surface area contributed by atoms with E-state index in [-0.39, 0.29) is 11.7 Å². The van der Waals surface area contributed by atoms with Crippen molar-refractivity contribution in [2.45, 2.75) is 13.3 Å². The first-order valence-corrected chi connectivity index (χ1v) is 6.70. The number of halogens is 1. The first-order chi connectivity index (χ1) is 8.15. The predicted octanol–water partition coefficient (Wildman–Crippen LogP) is 1.73. The summed E-state index contributed by atoms with van der Waals surface area (Å²) in [5.74, 6) is -0.0163. The van der Waals surface area contributed by atoms with Gasteiger partial charge >= 0.3 is 0 Å². The number of rotatable bonds is 6. The van der Waals surface area contributed by atoms with Gasteiger partial charge in [0.15, 0.2) is 0 Å². The van der Waals surface area contributed by atoms with E-state index in [0.29, 0.717) is 12.1 Å². The van der Waals surface area contributed by atoms with Crippen LogP contribution < -0.4 is 10.6 Å². The van der Waals surface area contributed by atoms with Crippen LogP contribution in [0.25, 0.3) is 0 Å². The van der Waals surface area contributed by atoms with Gasteiger partial charge in [0.2, 0.25) is 0 Å². The highest BCUT2D eigenvalue weighted by atomic mass is 127. The molecule has 0 aliphatic rings. The minimum absolute atomic E-state index is 0.141. The predicted molar refractivity (Wildman–Crippen MR) is 76.3 cm³/mol. The maximum atomic E-state index is 11.7. The highest BCUT2D eigenvalue weighted by molar-refractivity contribution is 14.1. The molecule has 1 aromatic carbocycles. The van der Waals surface area contributed by atoms with Crippen LogP contribution in [0.5, 0.6) is 5.75 Å². The van der Waals surface area contributed by atoms with Crippen molar-refractivity contribution in [3.05, 3.63) is 27.3 Å². The normalized spacial score (nSPS) is 10.2. The molecule has 94 valence electrons. The van der Waals surface area contributed by atoms with Crippen LogP contribution in [0.3, 0.4) is 0 Å². The fourth-order valence-corrected chi connectivity index (χ4v) is 1.66. The molecule has 1 rings (SSSR count). The third kappa shape index (κ3) is 4.91. The lowest BCUT2D eigenvalue weighted by Crippen LogP contribution is -2.32. The average Bonchev–Trinajstić information content (AvgIpc) is 2.32. The van der Waals surface area contributed by atoms with Crippen molar-refractivity contribution in [1.82, 2.24) is 10.6 Å². The SMILES string of the molecule is CCCNCCNC(=O)c1ccc(I)c(O)c1. The summed E-state index contributed by atoms with van der Waals surface area (Å²) >= 11 is 2.02. The number of hydrogen-bond donors (Lipinski definition) is 3. The van der Waals surface area contributed by atoms with Gasteiger partial charge in [-0.1, -0.05) is 6.92 Å². The van der Waals surface area contributed by atoms with Crippen LogP contribution in [0.2, 0.25) is 0 Å². The molecule has 0 fully saturated rings. The number of hydrogen-bond acceptors (Lipinski definition) is 3. The first-order valence-electron chi connectivity index (χ1n) is 5.62. The molecule has 1 aromatic rings. The van der Waals surface area contributed by atoms with Gasteiger partial charge in [0, 0.05) is 18.7 Å². The van der Waals surface area contributed by atoms with Gasteiger partial charge in [-0.2, -0.15) is 0 Å². The van der Waals surface area contributed by atoms with Crippen molar-refractivity contribution in [3.63, 3.8) is 0 Å². The summed E-state index contributed by atoms with van der Waals surface area (Å²) in [6.07, 6.45) is 1.08. The van der Waals surface area contributed by atoms with Gasteiger partial charge in [-0.05, 0) is 53.8 Å². The lowest BCUT2D eigenvalue weighted by molar-refractivity contribution is 0.0953. The number of nitrogens with one attached hydrogen (secondary N) is 2. The van der Waals surface area contributed by atoms with E-state index in [1.165, 1.54) is 6.07 Å². The van der Waals surface area contributed by atoms with Crippen LogP contribution in [0, 0.1) is 3.57 Å². The summed E-state index contributed by atoms with van der Waals surface area (Å²) in [5, 5.41) is 15.5. The zero-order valence-corrected chi connectivity index (χ0v) is 12.0. The summed E-state index contributed by atoms with van der Waals surface area (Å²) < 4.78 is 0.740. The quantitative estimate of drug-likeness (QED) is 0.542. The molecule has 0 aliphatic carbocycles. The maximum absolute atomic E-state index is 11.7. The van der Waals surface area contributed by atoms with Gasteiger partial charge in [0.05, 0.1) is 3.57 Å². The summed E-state index contributed by atoms with van der Waals surface area (Å²) in [7, 11) is 0. The van der Waals surface area contributed by atoms with Crippen molar-refractivity contribution in [3.8, 4) is 5.75 Å². The third-order valence-electron chi connectivity index (χ3n) is 2.22. The fourth-order valence-electron chi connectivity index (χ4n) is 1.32. The number of amides is 1. The molecule has 0 aliphatic heterocycles. The number of phenolic OH excluding ortho intramolecular Hbond substituents is 1. The van der Waals surface area contributed by atoms with E-state index in [4.69, 9.17) is 0 Å². The van der Waals surface area contributed by atoms with Gasteiger partial charge in [-0.15, -0.1) is 0 Å². The van der Waals surface area contributed by atoms with Gasteiger partial charge in [-0.3, -0.25) is 4.79 Å². The first kappa shape index (κ1) is 14.2. The lowest BCUT2D eigenvalue weighted by atomic mass is 10.2. The number of carbonyl (C=O) groups excluding carboxylic acids is 1. The van der Waals surface area contributed by atoms with Crippen molar-refractivity contribution in [1.29, 1.82) is 0 Å². The molecule has 0 spiro atoms. The molecule has 0 bridgehead atoms. The minimum atomic E-state index is -0.157. The largest absolute Gasteiger partial charge is 0.507 e. The molecule has 17 heavy (non-hydrogen) atoms. The highest BCUT2D eigenvalue weighted by Gasteiger charge is 2.07. The van der Waals surface area contributed by atoms with E-state index in [2.05, 4.69) is 17.6 Å². The third-order valence-corrected chi connectivity index (χ3v) is 3.13. The van der Waals surface area contributed by atoms with Crippen molar-refractivity contribution in [2.24, 2.45) is 0 Å². The number of phenols is 1. The minimum Gasteiger partial charge on any atom is -0.507 e. The molecule has 1 amide bonds. The van der Waals surface area contributed by atoms with E-state index in [9.17, 15) is 9.90 Å². The highest BCUT2D eigenvalue weighted by Crippen LogP contribution is 2.20. The van der Waals surface area contributed by atoms with Gasteiger partial charge in [0.1, 0.15) is 5.75 Å². The van der Waals surface area contributed by atoms with Crippen LogP contribution in [-0.4, -0.2) is 30.6 Å². The Morgan fingerprint density at radius 2 is 2.12 bits per heavy atom. The zero-order valence-electron chi connectivity index (χ0n) is 9.79. The smallest absolute Gasteiger partial charge is 0.251 e. The Labute approximate surface area is 115 Å². The molecule has 0 radical (unpaired) electrons. The molecule has 0 aromatic heterocycles. The van der Waals surface area contributed by atoms with Crippen LogP contribution in [0.1, 0.15) is 23.7 Å². The summed E-state index contributed by atoms with van der Waals surface area (Å²) in [6, 6.07) is 4.91. The van der Waals surface area contributed by atoms with Gasteiger partial charge < -0.3 is 15.7 Å². The number of benzene rings is 1. The Balaban J connectivity index is 2.39. The molecule has 5 heteroatoms. The second-order valence-electron chi connectivity index (χ2n) is 3.67. The Kier molecular flexibility index (Phi) is 6.28. The number of carbonyl (C=O) groups is 1. The summed E-state index contributed by atoms with van der Waals surface area (Å²) in [6.45, 7) is 4.40. The summed E-state index contributed by atoms with van der Waals surface area (Å²) in [5.41, 5.74) is 0.485. The topological polar surface area (TPSA) is 61.4 Å². The average molecular weight is 348 g/mol. The molecule has 0 heterocycles. The van der Waals surface area contributed by atoms with Crippen molar-refractivity contribution in [2.75, 3.05) is 19.6 Å². The molecule has 0 unspecified atom stereocenters. The Hall–Kier alpha value is -0.820. The molecule has 0 saturated heterocycles. The van der Waals surface area contributed by atoms with Gasteiger partial charge in [0.25, 0.3) is 5.91 Å². The van der Waals surface area contributed by atoms with Crippen LogP contribution in [0.15, 0.2) is 18.2 Å². The molecule has 4 nitrogen and oxygen atoms in total. The standard InChI is InChI=1S/C12H17IN2O2/c1-2-5-14-6-7-15-12(17)9-3-4-10(13)11(16)8-9/h3-4,8,14,16H,2,5-7H2,1H3,(H,15,17). The number of aromatic hydroxyl groups is 1. The van der Waals surface area contributed by atoms with Crippen LogP contribution >= 0.6 is 22.6 Å². The van der Waals surface area contributed by atoms with Crippen LogP contribution in [0.4, 0.5) is 0 Å². The van der Waals surface area contributed by atoms with E-state index in [1.807, 2.05) is 22.6 Å². The Morgan fingerprint density at radius 3 is 2.76 bits per heavy atom. The fraction of sp³-hybridized carbons (Fsp3) is 0.417. The molecular formula is C12H17IN2O2. The zero-order chi connectivity index (χ0) is 12.7. The lowest BCUT2D eigenvalue weighted by Gasteiger charge is -2.07. The molecule has 0 atom stereocenters. The van der Waals surface area contributed by atoms with Crippen molar-refractivity contribution >= 4 is 28.5 Å².